The fraction of sp³-hybridized carbons (Fsp3) is 0.211. The average molecular weight is 390 g/mol. The van der Waals surface area contributed by atoms with Gasteiger partial charge in [0.15, 0.2) is 0 Å². The van der Waals surface area contributed by atoms with Crippen molar-refractivity contribution < 1.29 is 19.1 Å². The summed E-state index contributed by atoms with van der Waals surface area (Å²) in [4.78, 5) is 23.1. The lowest BCUT2D eigenvalue weighted by Gasteiger charge is -2.10. The van der Waals surface area contributed by atoms with Crippen LogP contribution in [0.5, 0.6) is 0 Å². The second kappa shape index (κ2) is 10.2. The van der Waals surface area contributed by atoms with Gasteiger partial charge in [0.25, 0.3) is 0 Å². The van der Waals surface area contributed by atoms with E-state index in [1.165, 1.54) is 0 Å². The van der Waals surface area contributed by atoms with Crippen LogP contribution >= 0.6 is 11.6 Å². The zero-order chi connectivity index (χ0) is 19.6. The number of anilines is 1. The van der Waals surface area contributed by atoms with E-state index in [1.54, 1.807) is 62.4 Å². The Balaban J connectivity index is 2.27. The van der Waals surface area contributed by atoms with Gasteiger partial charge in [0.1, 0.15) is 0 Å². The molecule has 0 aliphatic rings. The molecule has 0 aliphatic heterocycles. The molecule has 2 aromatic carbocycles. The Morgan fingerprint density at radius 2 is 1.41 bits per heavy atom. The van der Waals surface area contributed by atoms with Crippen molar-refractivity contribution in [1.82, 2.24) is 5.43 Å². The maximum Gasteiger partial charge on any atom is 0.427 e. The number of hydrogen-bond donors (Lipinski definition) is 2. The molecule has 2 rings (SSSR count). The Labute approximate surface area is 162 Å². The van der Waals surface area contributed by atoms with Gasteiger partial charge in [-0.05, 0) is 38.1 Å². The molecule has 2 N–H and O–H groups in total. The summed E-state index contributed by atoms with van der Waals surface area (Å²) >= 11 is 5.94. The number of carbonyl (C=O) groups is 2. The van der Waals surface area contributed by atoms with Gasteiger partial charge in [0.2, 0.25) is 0 Å². The van der Waals surface area contributed by atoms with Crippen LogP contribution in [0.4, 0.5) is 15.3 Å². The highest BCUT2D eigenvalue weighted by Crippen LogP contribution is 2.17. The number of carbonyl (C=O) groups excluding carboxylic acids is 2. The summed E-state index contributed by atoms with van der Waals surface area (Å²) in [6.45, 7) is 3.97. The molecule has 0 spiro atoms. The quantitative estimate of drug-likeness (QED) is 0.565. The van der Waals surface area contributed by atoms with Crippen LogP contribution in [0.1, 0.15) is 25.0 Å². The minimum atomic E-state index is -0.649. The predicted octanol–water partition coefficient (Wildman–Crippen LogP) is 4.41. The minimum Gasteiger partial charge on any atom is -0.450 e. The van der Waals surface area contributed by atoms with Crippen LogP contribution in [0.15, 0.2) is 53.6 Å². The van der Waals surface area contributed by atoms with Gasteiger partial charge in [-0.25, -0.2) is 15.0 Å². The smallest absolute Gasteiger partial charge is 0.427 e. The van der Waals surface area contributed by atoms with E-state index in [2.05, 4.69) is 15.8 Å². The number of halogens is 1. The summed E-state index contributed by atoms with van der Waals surface area (Å²) in [6.07, 6.45) is -1.18. The van der Waals surface area contributed by atoms with Gasteiger partial charge in [-0.3, -0.25) is 5.32 Å². The first-order valence-corrected chi connectivity index (χ1v) is 8.71. The SMILES string of the molecule is CCOC(=O)NN=C(c1ccc(Cl)cc1)c1ccc(NC(=O)OCC)cc1. The minimum absolute atomic E-state index is 0.242. The summed E-state index contributed by atoms with van der Waals surface area (Å²) in [7, 11) is 0. The van der Waals surface area contributed by atoms with Crippen LogP contribution in [0.3, 0.4) is 0 Å². The van der Waals surface area contributed by atoms with E-state index >= 15 is 0 Å². The first-order chi connectivity index (χ1) is 13.0. The van der Waals surface area contributed by atoms with Crippen molar-refractivity contribution in [1.29, 1.82) is 0 Å². The number of benzene rings is 2. The molecule has 0 aromatic heterocycles. The molecule has 0 radical (unpaired) electrons. The molecular formula is C19H20ClN3O4. The van der Waals surface area contributed by atoms with Gasteiger partial charge < -0.3 is 9.47 Å². The summed E-state index contributed by atoms with van der Waals surface area (Å²) in [5, 5.41) is 7.37. The second-order valence-electron chi connectivity index (χ2n) is 5.22. The van der Waals surface area contributed by atoms with Crippen molar-refractivity contribution in [2.24, 2.45) is 5.10 Å². The molecule has 0 saturated heterocycles. The van der Waals surface area contributed by atoms with Gasteiger partial charge in [-0.15, -0.1) is 0 Å². The number of hydrogen-bond acceptors (Lipinski definition) is 5. The van der Waals surface area contributed by atoms with E-state index in [1.807, 2.05) is 0 Å². The Morgan fingerprint density at radius 1 is 0.889 bits per heavy atom. The second-order valence-corrected chi connectivity index (χ2v) is 5.66. The van der Waals surface area contributed by atoms with E-state index < -0.39 is 12.2 Å². The summed E-state index contributed by atoms with van der Waals surface area (Å²) in [5.41, 5.74) is 4.93. The molecule has 0 heterocycles. The van der Waals surface area contributed by atoms with Crippen LogP contribution in [0, 0.1) is 0 Å². The van der Waals surface area contributed by atoms with Crippen molar-refractivity contribution in [3.63, 3.8) is 0 Å². The van der Waals surface area contributed by atoms with Crippen LogP contribution in [0.25, 0.3) is 0 Å². The molecule has 142 valence electrons. The third kappa shape index (κ3) is 6.31. The highest BCUT2D eigenvalue weighted by atomic mass is 35.5. The van der Waals surface area contributed by atoms with E-state index in [4.69, 9.17) is 21.1 Å². The number of amides is 2. The molecule has 2 amide bonds. The average Bonchev–Trinajstić information content (AvgIpc) is 2.65. The predicted molar refractivity (Wildman–Crippen MR) is 104 cm³/mol. The lowest BCUT2D eigenvalue weighted by molar-refractivity contribution is 0.152. The molecule has 0 aliphatic carbocycles. The molecular weight excluding hydrogens is 370 g/mol. The largest absolute Gasteiger partial charge is 0.450 e. The third-order valence-corrected chi connectivity index (χ3v) is 3.58. The Hall–Kier alpha value is -3.06. The molecule has 0 saturated carbocycles. The van der Waals surface area contributed by atoms with E-state index in [-0.39, 0.29) is 13.2 Å². The first-order valence-electron chi connectivity index (χ1n) is 8.34. The lowest BCUT2D eigenvalue weighted by atomic mass is 10.0. The van der Waals surface area contributed by atoms with Gasteiger partial charge in [-0.1, -0.05) is 35.9 Å². The van der Waals surface area contributed by atoms with Crippen molar-refractivity contribution >= 4 is 35.2 Å². The van der Waals surface area contributed by atoms with Gasteiger partial charge in [0.05, 0.1) is 18.9 Å². The number of nitrogens with zero attached hydrogens (tertiary/aromatic N) is 1. The van der Waals surface area contributed by atoms with Gasteiger partial charge in [-0.2, -0.15) is 5.10 Å². The zero-order valence-electron chi connectivity index (χ0n) is 15.0. The molecule has 0 atom stereocenters. The topological polar surface area (TPSA) is 89.0 Å². The van der Waals surface area contributed by atoms with Gasteiger partial charge in [0, 0.05) is 21.8 Å². The Bertz CT molecular complexity index is 805. The Kier molecular flexibility index (Phi) is 7.63. The molecule has 0 bridgehead atoms. The highest BCUT2D eigenvalue weighted by molar-refractivity contribution is 6.30. The van der Waals surface area contributed by atoms with Crippen LogP contribution in [-0.4, -0.2) is 31.1 Å². The van der Waals surface area contributed by atoms with Crippen molar-refractivity contribution in [3.8, 4) is 0 Å². The molecule has 0 fully saturated rings. The summed E-state index contributed by atoms with van der Waals surface area (Å²) < 4.78 is 9.67. The lowest BCUT2D eigenvalue weighted by Crippen LogP contribution is -2.21. The maximum absolute atomic E-state index is 11.6. The normalized spacial score (nSPS) is 10.9. The zero-order valence-corrected chi connectivity index (χ0v) is 15.7. The number of rotatable bonds is 6. The van der Waals surface area contributed by atoms with Gasteiger partial charge >= 0.3 is 12.2 Å². The molecule has 0 unspecified atom stereocenters. The molecule has 8 heteroatoms. The van der Waals surface area contributed by atoms with E-state index in [0.717, 1.165) is 11.1 Å². The monoisotopic (exact) mass is 389 g/mol. The number of hydrazone groups is 1. The maximum atomic E-state index is 11.6. The Morgan fingerprint density at radius 3 is 1.96 bits per heavy atom. The molecule has 2 aromatic rings. The van der Waals surface area contributed by atoms with Crippen molar-refractivity contribution in [2.75, 3.05) is 18.5 Å². The van der Waals surface area contributed by atoms with Crippen molar-refractivity contribution in [3.05, 3.63) is 64.7 Å². The highest BCUT2D eigenvalue weighted by Gasteiger charge is 2.10. The van der Waals surface area contributed by atoms with Crippen LogP contribution in [-0.2, 0) is 9.47 Å². The molecule has 27 heavy (non-hydrogen) atoms. The number of nitrogens with one attached hydrogen (secondary N) is 2. The van der Waals surface area contributed by atoms with Crippen LogP contribution in [0.2, 0.25) is 5.02 Å². The number of ether oxygens (including phenoxy) is 2. The van der Waals surface area contributed by atoms with E-state index in [0.29, 0.717) is 16.4 Å². The van der Waals surface area contributed by atoms with Crippen LogP contribution < -0.4 is 10.7 Å². The summed E-state index contributed by atoms with van der Waals surface area (Å²) in [6, 6.07) is 14.0. The first kappa shape index (κ1) is 20.3. The summed E-state index contributed by atoms with van der Waals surface area (Å²) in [5.74, 6) is 0. The fourth-order valence-electron chi connectivity index (χ4n) is 2.16. The van der Waals surface area contributed by atoms with E-state index in [9.17, 15) is 9.59 Å². The molecule has 7 nitrogen and oxygen atoms in total. The fourth-order valence-corrected chi connectivity index (χ4v) is 2.29. The standard InChI is InChI=1S/C19H20ClN3O4/c1-3-26-18(24)21-16-11-7-14(8-12-16)17(22-23-19(25)27-4-2)13-5-9-15(20)10-6-13/h5-12H,3-4H2,1-2H3,(H,21,24)(H,23,25). The van der Waals surface area contributed by atoms with Crippen molar-refractivity contribution in [2.45, 2.75) is 13.8 Å². The third-order valence-electron chi connectivity index (χ3n) is 3.33.